The van der Waals surface area contributed by atoms with E-state index in [9.17, 15) is 0 Å². The predicted octanol–water partition coefficient (Wildman–Crippen LogP) is 2.59. The molecule has 28 heavy (non-hydrogen) atoms. The van der Waals surface area contributed by atoms with Crippen LogP contribution in [0.2, 0.25) is 0 Å². The molecule has 0 spiro atoms. The number of rotatable bonds is 7. The Hall–Kier alpha value is -1.79. The standard InChI is InChI=1S/C22H36N4O2/c1-4-23-22(26-9-8-20(16-26)25-10-12-27-13-11-25)24-15-19-6-5-7-21(14-19)28-17-18(2)3/h5-7,14,18,20H,4,8-13,15-17H2,1-3H3,(H,23,24). The quantitative estimate of drug-likeness (QED) is 0.575. The molecule has 6 nitrogen and oxygen atoms in total. The lowest BCUT2D eigenvalue weighted by Gasteiger charge is -2.32. The van der Waals surface area contributed by atoms with Crippen molar-refractivity contribution in [2.45, 2.75) is 39.8 Å². The van der Waals surface area contributed by atoms with Crippen LogP contribution < -0.4 is 10.1 Å². The summed E-state index contributed by atoms with van der Waals surface area (Å²) in [6.07, 6.45) is 1.20. The third kappa shape index (κ3) is 6.11. The first-order chi connectivity index (χ1) is 13.7. The van der Waals surface area contributed by atoms with Gasteiger partial charge in [0, 0.05) is 38.8 Å². The molecule has 6 heteroatoms. The van der Waals surface area contributed by atoms with Gasteiger partial charge in [-0.3, -0.25) is 4.90 Å². The number of hydrogen-bond acceptors (Lipinski definition) is 4. The number of likely N-dealkylation sites (tertiary alicyclic amines) is 1. The van der Waals surface area contributed by atoms with Crippen LogP contribution in [-0.2, 0) is 11.3 Å². The van der Waals surface area contributed by atoms with Crippen LogP contribution >= 0.6 is 0 Å². The summed E-state index contributed by atoms with van der Waals surface area (Å²) in [6, 6.07) is 8.91. The van der Waals surface area contributed by atoms with Crippen LogP contribution in [0.1, 0.15) is 32.8 Å². The van der Waals surface area contributed by atoms with Gasteiger partial charge in [0.25, 0.3) is 0 Å². The van der Waals surface area contributed by atoms with Crippen molar-refractivity contribution in [3.05, 3.63) is 29.8 Å². The number of aliphatic imine (C=N–C) groups is 1. The van der Waals surface area contributed by atoms with Gasteiger partial charge in [0.2, 0.25) is 0 Å². The third-order valence-electron chi connectivity index (χ3n) is 5.25. The van der Waals surface area contributed by atoms with Crippen molar-refractivity contribution in [2.75, 3.05) is 52.5 Å². The fourth-order valence-corrected chi connectivity index (χ4v) is 3.76. The van der Waals surface area contributed by atoms with Crippen LogP contribution in [0, 0.1) is 5.92 Å². The second-order valence-electron chi connectivity index (χ2n) is 8.06. The second-order valence-corrected chi connectivity index (χ2v) is 8.06. The zero-order valence-corrected chi connectivity index (χ0v) is 17.7. The molecule has 2 aliphatic heterocycles. The van der Waals surface area contributed by atoms with Gasteiger partial charge in [0.1, 0.15) is 5.75 Å². The summed E-state index contributed by atoms with van der Waals surface area (Å²) in [7, 11) is 0. The molecule has 156 valence electrons. The Labute approximate surface area is 169 Å². The van der Waals surface area contributed by atoms with E-state index in [0.29, 0.717) is 18.5 Å². The Bertz CT molecular complexity index is 629. The van der Waals surface area contributed by atoms with Gasteiger partial charge in [-0.05, 0) is 37.0 Å². The molecular weight excluding hydrogens is 352 g/mol. The number of nitrogens with zero attached hydrogens (tertiary/aromatic N) is 3. The average Bonchev–Trinajstić information content (AvgIpc) is 3.21. The summed E-state index contributed by atoms with van der Waals surface area (Å²) in [4.78, 5) is 9.89. The molecule has 0 radical (unpaired) electrons. The lowest BCUT2D eigenvalue weighted by atomic mass is 10.2. The summed E-state index contributed by atoms with van der Waals surface area (Å²) in [5, 5.41) is 3.47. The molecule has 2 heterocycles. The van der Waals surface area contributed by atoms with Crippen molar-refractivity contribution in [3.8, 4) is 5.75 Å². The van der Waals surface area contributed by atoms with Crippen LogP contribution in [0.3, 0.4) is 0 Å². The summed E-state index contributed by atoms with van der Waals surface area (Å²) in [5.41, 5.74) is 1.18. The zero-order chi connectivity index (χ0) is 19.8. The van der Waals surface area contributed by atoms with Gasteiger partial charge in [0.15, 0.2) is 5.96 Å². The third-order valence-corrected chi connectivity index (χ3v) is 5.25. The maximum Gasteiger partial charge on any atom is 0.194 e. The van der Waals surface area contributed by atoms with Gasteiger partial charge < -0.3 is 19.7 Å². The highest BCUT2D eigenvalue weighted by Crippen LogP contribution is 2.18. The Kier molecular flexibility index (Phi) is 7.98. The van der Waals surface area contributed by atoms with Crippen molar-refractivity contribution in [1.82, 2.24) is 15.1 Å². The Morgan fingerprint density at radius 2 is 2.11 bits per heavy atom. The van der Waals surface area contributed by atoms with Gasteiger partial charge in [-0.1, -0.05) is 26.0 Å². The predicted molar refractivity (Wildman–Crippen MR) is 114 cm³/mol. The Balaban J connectivity index is 1.59. The maximum atomic E-state index is 5.85. The van der Waals surface area contributed by atoms with E-state index in [2.05, 4.69) is 54.1 Å². The summed E-state index contributed by atoms with van der Waals surface area (Å²) in [6.45, 7) is 14.7. The van der Waals surface area contributed by atoms with E-state index in [1.54, 1.807) is 0 Å². The van der Waals surface area contributed by atoms with Gasteiger partial charge >= 0.3 is 0 Å². The van der Waals surface area contributed by atoms with Crippen molar-refractivity contribution in [1.29, 1.82) is 0 Å². The van der Waals surface area contributed by atoms with Gasteiger partial charge in [-0.2, -0.15) is 0 Å². The van der Waals surface area contributed by atoms with E-state index in [-0.39, 0.29) is 0 Å². The van der Waals surface area contributed by atoms with Gasteiger partial charge in [0.05, 0.1) is 26.4 Å². The molecule has 1 unspecified atom stereocenters. The topological polar surface area (TPSA) is 49.3 Å². The normalized spacial score (nSPS) is 21.4. The summed E-state index contributed by atoms with van der Waals surface area (Å²) < 4.78 is 11.4. The molecule has 0 aliphatic carbocycles. The first kappa shape index (κ1) is 20.9. The summed E-state index contributed by atoms with van der Waals surface area (Å²) >= 11 is 0. The first-order valence-electron chi connectivity index (χ1n) is 10.7. The maximum absolute atomic E-state index is 5.85. The molecule has 1 aromatic carbocycles. The van der Waals surface area contributed by atoms with E-state index < -0.39 is 0 Å². The van der Waals surface area contributed by atoms with Crippen LogP contribution in [0.5, 0.6) is 5.75 Å². The molecule has 1 atom stereocenters. The van der Waals surface area contributed by atoms with Gasteiger partial charge in [-0.25, -0.2) is 4.99 Å². The fourth-order valence-electron chi connectivity index (χ4n) is 3.76. The van der Waals surface area contributed by atoms with E-state index in [4.69, 9.17) is 14.5 Å². The van der Waals surface area contributed by atoms with Crippen molar-refractivity contribution in [3.63, 3.8) is 0 Å². The Morgan fingerprint density at radius 1 is 1.29 bits per heavy atom. The lowest BCUT2D eigenvalue weighted by Crippen LogP contribution is -2.46. The Morgan fingerprint density at radius 3 is 2.86 bits per heavy atom. The van der Waals surface area contributed by atoms with Crippen molar-refractivity contribution in [2.24, 2.45) is 10.9 Å². The molecule has 2 fully saturated rings. The number of morpholine rings is 1. The van der Waals surface area contributed by atoms with Gasteiger partial charge in [-0.15, -0.1) is 0 Å². The number of hydrogen-bond donors (Lipinski definition) is 1. The van der Waals surface area contributed by atoms with E-state index in [0.717, 1.165) is 64.3 Å². The summed E-state index contributed by atoms with van der Waals surface area (Å²) in [5.74, 6) is 2.48. The molecule has 0 saturated carbocycles. The number of guanidine groups is 1. The number of benzene rings is 1. The fraction of sp³-hybridized carbons (Fsp3) is 0.682. The molecule has 1 N–H and O–H groups in total. The van der Waals surface area contributed by atoms with Crippen LogP contribution in [0.25, 0.3) is 0 Å². The van der Waals surface area contributed by atoms with Crippen LogP contribution in [-0.4, -0.2) is 74.3 Å². The van der Waals surface area contributed by atoms with E-state index in [1.165, 1.54) is 12.0 Å². The van der Waals surface area contributed by atoms with E-state index >= 15 is 0 Å². The van der Waals surface area contributed by atoms with E-state index in [1.807, 2.05) is 6.07 Å². The molecule has 3 rings (SSSR count). The number of ether oxygens (including phenoxy) is 2. The minimum atomic E-state index is 0.525. The molecule has 0 amide bonds. The molecule has 2 aliphatic rings. The van der Waals surface area contributed by atoms with Crippen LogP contribution in [0.15, 0.2) is 29.3 Å². The minimum absolute atomic E-state index is 0.525. The SMILES string of the molecule is CCNC(=NCc1cccc(OCC(C)C)c1)N1CCC(N2CCOCC2)C1. The smallest absolute Gasteiger partial charge is 0.194 e. The zero-order valence-electron chi connectivity index (χ0n) is 17.7. The minimum Gasteiger partial charge on any atom is -0.493 e. The van der Waals surface area contributed by atoms with Crippen LogP contribution in [0.4, 0.5) is 0 Å². The highest BCUT2D eigenvalue weighted by Gasteiger charge is 2.30. The second kappa shape index (κ2) is 10.7. The molecule has 1 aromatic rings. The molecule has 2 saturated heterocycles. The average molecular weight is 389 g/mol. The molecule has 0 aromatic heterocycles. The number of nitrogens with one attached hydrogen (secondary N) is 1. The lowest BCUT2D eigenvalue weighted by molar-refractivity contribution is 0.0195. The highest BCUT2D eigenvalue weighted by atomic mass is 16.5. The van der Waals surface area contributed by atoms with Crippen molar-refractivity contribution < 1.29 is 9.47 Å². The highest BCUT2D eigenvalue weighted by molar-refractivity contribution is 5.80. The monoisotopic (exact) mass is 388 g/mol. The van der Waals surface area contributed by atoms with Crippen molar-refractivity contribution >= 4 is 5.96 Å². The molecular formula is C22H36N4O2. The first-order valence-corrected chi connectivity index (χ1v) is 10.7. The molecule has 0 bridgehead atoms. The largest absolute Gasteiger partial charge is 0.493 e.